The summed E-state index contributed by atoms with van der Waals surface area (Å²) in [6.45, 7) is 6.56. The molecule has 1 aromatic heterocycles. The zero-order chi connectivity index (χ0) is 22.9. The van der Waals surface area contributed by atoms with Crippen LogP contribution in [0, 0.1) is 19.7 Å². The second-order valence-corrected chi connectivity index (χ2v) is 8.02. The van der Waals surface area contributed by atoms with Gasteiger partial charge in [0, 0.05) is 29.9 Å². The quantitative estimate of drug-likeness (QED) is 0.433. The Kier molecular flexibility index (Phi) is 8.45. The fourth-order valence-corrected chi connectivity index (χ4v) is 3.53. The van der Waals surface area contributed by atoms with E-state index in [1.807, 2.05) is 49.4 Å². The van der Waals surface area contributed by atoms with Crippen LogP contribution in [0.3, 0.4) is 0 Å². The van der Waals surface area contributed by atoms with Crippen molar-refractivity contribution in [2.45, 2.75) is 52.5 Å². The SMILES string of the molecule is CCC(N)CCCCNc1nc(C)ncc(F)c(-c2cccc3ccccc23)ncc1C. The molecule has 3 N–H and O–H groups in total. The molecule has 0 aliphatic heterocycles. The molecule has 3 aromatic rings. The molecule has 0 aliphatic carbocycles. The first kappa shape index (κ1) is 23.5. The van der Waals surface area contributed by atoms with E-state index in [2.05, 4.69) is 27.2 Å². The van der Waals surface area contributed by atoms with E-state index in [-0.39, 0.29) is 11.7 Å². The molecule has 0 aliphatic rings. The fourth-order valence-electron chi connectivity index (χ4n) is 3.53. The standard InChI is InChI=1S/C26H32FN5/c1-4-21(28)12-7-8-15-29-26-18(2)16-31-25(24(27)17-30-19(3)32-26)23-14-9-11-20-10-5-6-13-22(20)23/h5-6,9-11,13-14,16-17,21H,4,7-8,12,15,28H2,1-3H3,(H,29,30,32). The molecule has 0 fully saturated rings. The summed E-state index contributed by atoms with van der Waals surface area (Å²) in [6, 6.07) is 14.0. The van der Waals surface area contributed by atoms with Gasteiger partial charge in [-0.25, -0.2) is 14.4 Å². The molecule has 0 spiro atoms. The third-order valence-corrected chi connectivity index (χ3v) is 5.49. The Morgan fingerprint density at radius 1 is 1.00 bits per heavy atom. The Labute approximate surface area is 189 Å². The average molecular weight is 434 g/mol. The zero-order valence-electron chi connectivity index (χ0n) is 19.1. The summed E-state index contributed by atoms with van der Waals surface area (Å²) >= 11 is 0. The van der Waals surface area contributed by atoms with E-state index >= 15 is 4.39 Å². The maximum Gasteiger partial charge on any atom is 0.167 e. The van der Waals surface area contributed by atoms with Gasteiger partial charge in [-0.2, -0.15) is 0 Å². The van der Waals surface area contributed by atoms with E-state index in [0.29, 0.717) is 11.6 Å². The number of rotatable bonds is 8. The lowest BCUT2D eigenvalue weighted by Gasteiger charge is -2.10. The lowest BCUT2D eigenvalue weighted by Crippen LogP contribution is -2.18. The lowest BCUT2D eigenvalue weighted by atomic mass is 10.0. The normalized spacial score (nSPS) is 11.8. The fraction of sp³-hybridized carbons (Fsp3) is 0.346. The van der Waals surface area contributed by atoms with Crippen molar-refractivity contribution >= 4 is 16.6 Å². The number of nitrogens with zero attached hydrogens (tertiary/aromatic N) is 3. The Hall–Kier alpha value is -3.12. The summed E-state index contributed by atoms with van der Waals surface area (Å²) in [6.07, 6.45) is 6.93. The van der Waals surface area contributed by atoms with Crippen LogP contribution in [-0.4, -0.2) is 27.5 Å². The molecule has 1 unspecified atom stereocenters. The van der Waals surface area contributed by atoms with Crippen molar-refractivity contribution in [2.75, 3.05) is 11.9 Å². The monoisotopic (exact) mass is 433 g/mol. The Balaban J connectivity index is 1.95. The predicted molar refractivity (Wildman–Crippen MR) is 130 cm³/mol. The molecule has 0 bridgehead atoms. The van der Waals surface area contributed by atoms with Crippen LogP contribution in [0.15, 0.2) is 54.9 Å². The van der Waals surface area contributed by atoms with Crippen molar-refractivity contribution in [1.82, 2.24) is 15.0 Å². The molecule has 3 rings (SSSR count). The van der Waals surface area contributed by atoms with Gasteiger partial charge in [0.2, 0.25) is 0 Å². The van der Waals surface area contributed by atoms with Gasteiger partial charge in [0.05, 0.1) is 6.20 Å². The summed E-state index contributed by atoms with van der Waals surface area (Å²) in [5.74, 6) is 0.675. The molecular weight excluding hydrogens is 401 g/mol. The van der Waals surface area contributed by atoms with E-state index in [9.17, 15) is 0 Å². The number of nitrogens with one attached hydrogen (secondary N) is 1. The minimum absolute atomic E-state index is 0.257. The molecule has 1 atom stereocenters. The Bertz CT molecular complexity index is 1110. The third kappa shape index (κ3) is 6.20. The minimum Gasteiger partial charge on any atom is -0.370 e. The number of halogens is 1. The minimum atomic E-state index is -0.497. The van der Waals surface area contributed by atoms with E-state index in [0.717, 1.165) is 54.1 Å². The maximum absolute atomic E-state index is 15.1. The highest BCUT2D eigenvalue weighted by molar-refractivity contribution is 5.95. The molecular formula is C26H32FN5. The van der Waals surface area contributed by atoms with Crippen LogP contribution in [0.4, 0.5) is 10.2 Å². The van der Waals surface area contributed by atoms with Gasteiger partial charge in [0.1, 0.15) is 17.3 Å². The van der Waals surface area contributed by atoms with Gasteiger partial charge in [0.25, 0.3) is 0 Å². The van der Waals surface area contributed by atoms with E-state index in [1.165, 1.54) is 6.20 Å². The summed E-state index contributed by atoms with van der Waals surface area (Å²) in [5.41, 5.74) is 7.80. The lowest BCUT2D eigenvalue weighted by molar-refractivity contribution is 0.557. The molecule has 2 aromatic carbocycles. The molecule has 0 saturated carbocycles. The van der Waals surface area contributed by atoms with Gasteiger partial charge < -0.3 is 11.1 Å². The smallest absolute Gasteiger partial charge is 0.167 e. The number of nitrogens with two attached hydrogens (primary N) is 1. The number of fused-ring (bicyclic) bond motifs is 1. The highest BCUT2D eigenvalue weighted by Crippen LogP contribution is 2.28. The van der Waals surface area contributed by atoms with Crippen LogP contribution in [-0.2, 0) is 0 Å². The van der Waals surface area contributed by atoms with Crippen molar-refractivity contribution in [3.05, 3.63) is 72.1 Å². The highest BCUT2D eigenvalue weighted by atomic mass is 19.1. The van der Waals surface area contributed by atoms with Gasteiger partial charge in [-0.3, -0.25) is 4.98 Å². The van der Waals surface area contributed by atoms with Gasteiger partial charge in [-0.15, -0.1) is 0 Å². The molecule has 0 amide bonds. The maximum atomic E-state index is 15.1. The number of hydrogen-bond donors (Lipinski definition) is 2. The molecule has 5 nitrogen and oxygen atoms in total. The summed E-state index contributed by atoms with van der Waals surface area (Å²) < 4.78 is 15.1. The summed E-state index contributed by atoms with van der Waals surface area (Å²) in [5, 5.41) is 5.36. The first-order valence-electron chi connectivity index (χ1n) is 11.2. The number of aryl methyl sites for hydroxylation is 2. The van der Waals surface area contributed by atoms with E-state index in [1.54, 1.807) is 13.1 Å². The number of unbranched alkanes of at least 4 members (excludes halogenated alkanes) is 1. The van der Waals surface area contributed by atoms with Crippen LogP contribution in [0.2, 0.25) is 0 Å². The number of hydrogen-bond acceptors (Lipinski definition) is 5. The molecule has 0 saturated heterocycles. The third-order valence-electron chi connectivity index (χ3n) is 5.49. The second-order valence-electron chi connectivity index (χ2n) is 8.02. The number of benzene rings is 2. The number of aromatic nitrogens is 3. The van der Waals surface area contributed by atoms with Gasteiger partial charge >= 0.3 is 0 Å². The van der Waals surface area contributed by atoms with Crippen LogP contribution in [0.25, 0.3) is 22.0 Å². The van der Waals surface area contributed by atoms with Gasteiger partial charge in [-0.05, 0) is 43.9 Å². The van der Waals surface area contributed by atoms with Crippen LogP contribution >= 0.6 is 0 Å². The first-order chi connectivity index (χ1) is 15.5. The topological polar surface area (TPSA) is 76.7 Å². The van der Waals surface area contributed by atoms with Crippen molar-refractivity contribution in [3.8, 4) is 11.3 Å². The van der Waals surface area contributed by atoms with E-state index < -0.39 is 5.82 Å². The van der Waals surface area contributed by atoms with E-state index in [4.69, 9.17) is 5.73 Å². The van der Waals surface area contributed by atoms with Gasteiger partial charge in [0.15, 0.2) is 5.82 Å². The van der Waals surface area contributed by atoms with Crippen LogP contribution in [0.5, 0.6) is 0 Å². The summed E-state index contributed by atoms with van der Waals surface area (Å²) in [4.78, 5) is 13.3. The summed E-state index contributed by atoms with van der Waals surface area (Å²) in [7, 11) is 0. The molecule has 1 heterocycles. The van der Waals surface area contributed by atoms with Crippen molar-refractivity contribution in [1.29, 1.82) is 0 Å². The van der Waals surface area contributed by atoms with Crippen LogP contribution < -0.4 is 11.1 Å². The highest BCUT2D eigenvalue weighted by Gasteiger charge is 2.09. The molecule has 6 heteroatoms. The largest absolute Gasteiger partial charge is 0.370 e. The number of anilines is 1. The molecule has 32 heavy (non-hydrogen) atoms. The van der Waals surface area contributed by atoms with Crippen molar-refractivity contribution < 1.29 is 4.39 Å². The Morgan fingerprint density at radius 3 is 2.59 bits per heavy atom. The second kappa shape index (κ2) is 11.5. The molecule has 168 valence electrons. The predicted octanol–water partition coefficient (Wildman–Crippen LogP) is 5.89. The van der Waals surface area contributed by atoms with Crippen molar-refractivity contribution in [3.63, 3.8) is 0 Å². The zero-order valence-corrected chi connectivity index (χ0v) is 19.1. The molecule has 0 radical (unpaired) electrons. The van der Waals surface area contributed by atoms with Gasteiger partial charge in [-0.1, -0.05) is 55.8 Å². The first-order valence-corrected chi connectivity index (χ1v) is 11.2. The average Bonchev–Trinajstić information content (AvgIpc) is 2.81. The van der Waals surface area contributed by atoms with Crippen LogP contribution in [0.1, 0.15) is 44.0 Å². The van der Waals surface area contributed by atoms with Crippen molar-refractivity contribution in [2.24, 2.45) is 5.73 Å². The Morgan fingerprint density at radius 2 is 1.78 bits per heavy atom.